The molecule has 2 heterocycles. The molecule has 1 fully saturated rings. The van der Waals surface area contributed by atoms with Crippen molar-refractivity contribution in [2.45, 2.75) is 24.8 Å². The van der Waals surface area contributed by atoms with Crippen molar-refractivity contribution >= 4 is 69.4 Å². The maximum Gasteiger partial charge on any atom is 0.347 e. The number of carbonyl (C=O) groups excluding carboxylic acids is 1. The number of pyridine rings is 1. The Hall–Kier alpha value is -1.91. The van der Waals surface area contributed by atoms with Crippen LogP contribution in [0.25, 0.3) is 0 Å². The molecule has 11 heteroatoms. The summed E-state index contributed by atoms with van der Waals surface area (Å²) in [6.45, 7) is 3.73. The van der Waals surface area contributed by atoms with Gasteiger partial charge in [-0.05, 0) is 38.1 Å². The summed E-state index contributed by atoms with van der Waals surface area (Å²) in [6, 6.07) is 7.48. The second-order valence-electron chi connectivity index (χ2n) is 6.62. The van der Waals surface area contributed by atoms with E-state index in [1.165, 1.54) is 22.8 Å². The van der Waals surface area contributed by atoms with Crippen LogP contribution in [0, 0.1) is 0 Å². The number of thiocarbonyl (C=S) groups is 1. The summed E-state index contributed by atoms with van der Waals surface area (Å²) < 4.78 is -0.186. The molecule has 2 N–H and O–H groups in total. The Bertz CT molecular complexity index is 959. The lowest BCUT2D eigenvalue weighted by Crippen LogP contribution is -2.54. The van der Waals surface area contributed by atoms with E-state index in [0.717, 1.165) is 5.56 Å². The Kier molecular flexibility index (Phi) is 6.65. The number of hydrogen-bond donors (Lipinski definition) is 2. The average molecular weight is 470 g/mol. The van der Waals surface area contributed by atoms with Gasteiger partial charge in [-0.15, -0.1) is 0 Å². The Morgan fingerprint density at radius 3 is 2.83 bits per heavy atom. The summed E-state index contributed by atoms with van der Waals surface area (Å²) in [5.41, 5.74) is 1.15. The molecule has 0 spiro atoms. The molecule has 1 aromatic carbocycles. The van der Waals surface area contributed by atoms with Gasteiger partial charge in [0.2, 0.25) is 0 Å². The molecule has 1 atom stereocenters. The van der Waals surface area contributed by atoms with E-state index in [1.807, 2.05) is 19.9 Å². The van der Waals surface area contributed by atoms with Crippen LogP contribution in [0.15, 0.2) is 47.8 Å². The number of nitrogens with zero attached hydrogens (tertiary/aromatic N) is 4. The molecule has 0 radical (unpaired) electrons. The van der Waals surface area contributed by atoms with E-state index in [4.69, 9.17) is 35.4 Å². The molecule has 29 heavy (non-hydrogen) atoms. The zero-order valence-corrected chi connectivity index (χ0v) is 18.6. The Morgan fingerprint density at radius 2 is 2.17 bits per heavy atom. The molecule has 0 aliphatic carbocycles. The second kappa shape index (κ2) is 8.85. The van der Waals surface area contributed by atoms with Crippen molar-refractivity contribution in [2.75, 3.05) is 5.32 Å². The fourth-order valence-corrected chi connectivity index (χ4v) is 4.76. The van der Waals surface area contributed by atoms with E-state index in [2.05, 4.69) is 15.4 Å². The summed E-state index contributed by atoms with van der Waals surface area (Å²) >= 11 is 18.6. The maximum atomic E-state index is 12.7. The summed E-state index contributed by atoms with van der Waals surface area (Å²) in [5, 5.41) is 20.3. The van der Waals surface area contributed by atoms with Gasteiger partial charge in [-0.1, -0.05) is 53.2 Å². The number of anilines is 1. The van der Waals surface area contributed by atoms with Gasteiger partial charge in [0.15, 0.2) is 10.5 Å². The monoisotopic (exact) mass is 469 g/mol. The molecule has 0 saturated carbocycles. The van der Waals surface area contributed by atoms with Gasteiger partial charge in [0.25, 0.3) is 0 Å². The lowest BCUT2D eigenvalue weighted by molar-refractivity contribution is -0.114. The molecule has 1 aliphatic rings. The Balaban J connectivity index is 1.81. The maximum absolute atomic E-state index is 12.7. The van der Waals surface area contributed by atoms with Crippen molar-refractivity contribution in [3.8, 4) is 0 Å². The highest BCUT2D eigenvalue weighted by Crippen LogP contribution is 2.42. The average Bonchev–Trinajstić information content (AvgIpc) is 2.90. The minimum atomic E-state index is -0.837. The van der Waals surface area contributed by atoms with Gasteiger partial charge in [-0.3, -0.25) is 10.2 Å². The van der Waals surface area contributed by atoms with Gasteiger partial charge in [-0.2, -0.15) is 10.2 Å². The van der Waals surface area contributed by atoms with Crippen LogP contribution in [-0.2, 0) is 0 Å². The molecular formula is C18H17Cl2N5O2S2. The van der Waals surface area contributed by atoms with E-state index < -0.39 is 16.9 Å². The molecule has 1 unspecified atom stereocenters. The first-order chi connectivity index (χ1) is 13.7. The smallest absolute Gasteiger partial charge is 0.306 e. The fourth-order valence-electron chi connectivity index (χ4n) is 2.67. The zero-order chi connectivity index (χ0) is 21.2. The predicted octanol–water partition coefficient (Wildman–Crippen LogP) is 5.08. The zero-order valence-electron chi connectivity index (χ0n) is 15.4. The third-order valence-corrected chi connectivity index (χ3v) is 6.29. The SMILES string of the molecule is CC1(C)SC(=S)N(N=Cc2cccnc2)C1N(O)C(=O)Nc1ccc(Cl)c(Cl)c1. The van der Waals surface area contributed by atoms with Crippen LogP contribution < -0.4 is 5.32 Å². The van der Waals surface area contributed by atoms with Gasteiger partial charge in [0.1, 0.15) is 0 Å². The van der Waals surface area contributed by atoms with Crippen molar-refractivity contribution in [1.29, 1.82) is 0 Å². The first kappa shape index (κ1) is 21.8. The molecule has 152 valence electrons. The number of carbonyl (C=O) groups is 1. The van der Waals surface area contributed by atoms with E-state index in [9.17, 15) is 10.0 Å². The highest BCUT2D eigenvalue weighted by Gasteiger charge is 2.50. The number of aromatic nitrogens is 1. The van der Waals surface area contributed by atoms with Crippen LogP contribution in [-0.4, -0.2) is 47.7 Å². The molecule has 1 saturated heterocycles. The van der Waals surface area contributed by atoms with E-state index >= 15 is 0 Å². The predicted molar refractivity (Wildman–Crippen MR) is 121 cm³/mol. The van der Waals surface area contributed by atoms with Crippen molar-refractivity contribution in [2.24, 2.45) is 5.10 Å². The number of hydrogen-bond acceptors (Lipinski definition) is 6. The number of urea groups is 1. The lowest BCUT2D eigenvalue weighted by Gasteiger charge is -2.34. The van der Waals surface area contributed by atoms with Crippen LogP contribution in [0.4, 0.5) is 10.5 Å². The largest absolute Gasteiger partial charge is 0.347 e. The van der Waals surface area contributed by atoms with Gasteiger partial charge >= 0.3 is 6.03 Å². The van der Waals surface area contributed by atoms with Gasteiger partial charge in [0.05, 0.1) is 21.0 Å². The third-order valence-electron chi connectivity index (χ3n) is 4.02. The van der Waals surface area contributed by atoms with Crippen molar-refractivity contribution in [3.63, 3.8) is 0 Å². The van der Waals surface area contributed by atoms with Gasteiger partial charge < -0.3 is 5.32 Å². The lowest BCUT2D eigenvalue weighted by atomic mass is 10.1. The molecule has 1 aromatic heterocycles. The molecule has 7 nitrogen and oxygen atoms in total. The van der Waals surface area contributed by atoms with Crippen LogP contribution in [0.1, 0.15) is 19.4 Å². The first-order valence-corrected chi connectivity index (χ1v) is 10.4. The summed E-state index contributed by atoms with van der Waals surface area (Å²) in [7, 11) is 0. The normalized spacial score (nSPS) is 18.3. The number of hydroxylamine groups is 2. The van der Waals surface area contributed by atoms with Crippen molar-refractivity contribution in [1.82, 2.24) is 15.1 Å². The number of rotatable bonds is 4. The Morgan fingerprint density at radius 1 is 1.41 bits per heavy atom. The number of halogens is 2. The minimum absolute atomic E-state index is 0.287. The molecule has 0 bridgehead atoms. The van der Waals surface area contributed by atoms with Crippen molar-refractivity contribution < 1.29 is 10.0 Å². The highest BCUT2D eigenvalue weighted by molar-refractivity contribution is 8.24. The van der Waals surface area contributed by atoms with E-state index in [1.54, 1.807) is 36.8 Å². The number of amides is 2. The molecule has 1 aliphatic heterocycles. The number of nitrogens with one attached hydrogen (secondary N) is 1. The van der Waals surface area contributed by atoms with Crippen LogP contribution >= 0.6 is 47.2 Å². The fraction of sp³-hybridized carbons (Fsp3) is 0.222. The van der Waals surface area contributed by atoms with E-state index in [-0.39, 0.29) is 5.02 Å². The minimum Gasteiger partial charge on any atom is -0.306 e. The number of thioether (sulfide) groups is 1. The first-order valence-electron chi connectivity index (χ1n) is 8.39. The summed E-state index contributed by atoms with van der Waals surface area (Å²) in [4.78, 5) is 16.7. The Labute approximate surface area is 187 Å². The topological polar surface area (TPSA) is 81.1 Å². The number of hydrazone groups is 1. The van der Waals surface area contributed by atoms with Crippen LogP contribution in [0.2, 0.25) is 10.0 Å². The second-order valence-corrected chi connectivity index (χ2v) is 9.73. The van der Waals surface area contributed by atoms with Gasteiger partial charge in [0, 0.05) is 23.6 Å². The number of benzene rings is 1. The molecule has 2 aromatic rings. The van der Waals surface area contributed by atoms with Gasteiger partial charge in [-0.25, -0.2) is 9.80 Å². The quantitative estimate of drug-likeness (QED) is 0.281. The molecular weight excluding hydrogens is 453 g/mol. The third kappa shape index (κ3) is 4.99. The van der Waals surface area contributed by atoms with Crippen molar-refractivity contribution in [3.05, 3.63) is 58.3 Å². The molecule has 2 amide bonds. The molecule has 3 rings (SSSR count). The van der Waals surface area contributed by atoms with E-state index in [0.29, 0.717) is 20.1 Å². The summed E-state index contributed by atoms with van der Waals surface area (Å²) in [5.74, 6) is 0. The summed E-state index contributed by atoms with van der Waals surface area (Å²) in [6.07, 6.45) is 4.03. The highest BCUT2D eigenvalue weighted by atomic mass is 35.5. The van der Waals surface area contributed by atoms with Crippen LogP contribution in [0.5, 0.6) is 0 Å². The van der Waals surface area contributed by atoms with Crippen LogP contribution in [0.3, 0.4) is 0 Å². The standard InChI is InChI=1S/C18H17Cl2N5O2S2/c1-18(2)15(24(17(28)29-18)22-10-11-4-3-7-21-9-11)25(27)16(26)23-12-5-6-13(19)14(20)8-12/h3-10,15,27H,1-2H3,(H,23,26).